The number of pyridine rings is 2. The number of urea groups is 1. The van der Waals surface area contributed by atoms with Gasteiger partial charge in [0.05, 0.1) is 49.9 Å². The minimum atomic E-state index is -0.0618. The van der Waals surface area contributed by atoms with Crippen LogP contribution in [0.5, 0.6) is 0 Å². The zero-order valence-corrected chi connectivity index (χ0v) is 25.8. The lowest BCUT2D eigenvalue weighted by Crippen LogP contribution is -2.36. The lowest BCUT2D eigenvalue weighted by atomic mass is 10.0. The molecular formula is C31H44N6O5S. The number of carbonyl (C=O) groups is 3. The molecule has 0 aliphatic carbocycles. The third-order valence-corrected chi connectivity index (χ3v) is 8.97. The summed E-state index contributed by atoms with van der Waals surface area (Å²) in [4.78, 5) is 44.5. The molecule has 2 aromatic rings. The first kappa shape index (κ1) is 32.7. The van der Waals surface area contributed by atoms with Crippen LogP contribution in [0.1, 0.15) is 49.7 Å². The lowest BCUT2D eigenvalue weighted by molar-refractivity contribution is -0.122. The van der Waals surface area contributed by atoms with Crippen molar-refractivity contribution in [3.05, 3.63) is 47.8 Å². The van der Waals surface area contributed by atoms with E-state index in [1.807, 2.05) is 43.0 Å². The normalized spacial score (nSPS) is 19.0. The molecule has 0 unspecified atom stereocenters. The van der Waals surface area contributed by atoms with Crippen LogP contribution in [-0.2, 0) is 25.5 Å². The van der Waals surface area contributed by atoms with Crippen molar-refractivity contribution in [3.63, 3.8) is 0 Å². The van der Waals surface area contributed by atoms with Crippen LogP contribution in [0.15, 0.2) is 36.7 Å². The Balaban J connectivity index is 0.919. The van der Waals surface area contributed by atoms with Crippen molar-refractivity contribution in [2.24, 2.45) is 0 Å². The number of fused-ring (bicyclic) bond motifs is 1. The highest BCUT2D eigenvalue weighted by Gasteiger charge is 2.42. The maximum atomic E-state index is 12.1. The summed E-state index contributed by atoms with van der Waals surface area (Å²) < 4.78 is 11.0. The molecule has 0 saturated carbocycles. The summed E-state index contributed by atoms with van der Waals surface area (Å²) in [6.45, 7) is 4.68. The molecule has 0 aromatic carbocycles. The van der Waals surface area contributed by atoms with Gasteiger partial charge < -0.3 is 30.7 Å². The maximum absolute atomic E-state index is 12.1. The van der Waals surface area contributed by atoms with Gasteiger partial charge in [0.15, 0.2) is 0 Å². The average Bonchev–Trinajstić information content (AvgIpc) is 3.55. The number of aromatic nitrogens is 2. The van der Waals surface area contributed by atoms with Gasteiger partial charge in [0.2, 0.25) is 11.8 Å². The highest BCUT2D eigenvalue weighted by atomic mass is 32.2. The Labute approximate surface area is 258 Å². The van der Waals surface area contributed by atoms with Crippen LogP contribution >= 0.6 is 11.8 Å². The second-order valence-corrected chi connectivity index (χ2v) is 12.2. The molecule has 4 amide bonds. The average molecular weight is 613 g/mol. The predicted molar refractivity (Wildman–Crippen MR) is 167 cm³/mol. The van der Waals surface area contributed by atoms with Crippen molar-refractivity contribution in [2.75, 3.05) is 45.3 Å². The van der Waals surface area contributed by atoms with Gasteiger partial charge in [-0.1, -0.05) is 6.42 Å². The number of unbranched alkanes of at least 4 members (excludes halogenated alkanes) is 1. The molecular weight excluding hydrogens is 568 g/mol. The van der Waals surface area contributed by atoms with Gasteiger partial charge in [-0.15, -0.1) is 0 Å². The molecule has 2 aliphatic heterocycles. The summed E-state index contributed by atoms with van der Waals surface area (Å²) >= 11 is 1.90. The molecule has 4 rings (SSSR count). The van der Waals surface area contributed by atoms with Crippen LogP contribution in [0, 0.1) is 6.92 Å². The first-order valence-electron chi connectivity index (χ1n) is 15.2. The fourth-order valence-electron chi connectivity index (χ4n) is 5.20. The fourth-order valence-corrected chi connectivity index (χ4v) is 6.74. The van der Waals surface area contributed by atoms with Gasteiger partial charge in [0, 0.05) is 49.3 Å². The molecule has 2 saturated heterocycles. The molecule has 2 aliphatic rings. The first-order chi connectivity index (χ1) is 21.0. The van der Waals surface area contributed by atoms with Crippen molar-refractivity contribution < 1.29 is 23.9 Å². The Morgan fingerprint density at radius 3 is 2.30 bits per heavy atom. The van der Waals surface area contributed by atoms with Crippen molar-refractivity contribution in [3.8, 4) is 11.4 Å². The van der Waals surface area contributed by atoms with E-state index >= 15 is 0 Å². The quantitative estimate of drug-likeness (QED) is 0.140. The Hall–Kier alpha value is -3.22. The predicted octanol–water partition coefficient (Wildman–Crippen LogP) is 2.77. The minimum Gasteiger partial charge on any atom is -0.377 e. The van der Waals surface area contributed by atoms with Crippen LogP contribution in [0.4, 0.5) is 4.79 Å². The van der Waals surface area contributed by atoms with E-state index in [0.717, 1.165) is 60.4 Å². The van der Waals surface area contributed by atoms with Crippen molar-refractivity contribution in [2.45, 2.75) is 69.2 Å². The monoisotopic (exact) mass is 612 g/mol. The minimum absolute atomic E-state index is 0.0101. The highest BCUT2D eigenvalue weighted by Crippen LogP contribution is 2.33. The van der Waals surface area contributed by atoms with E-state index in [9.17, 15) is 14.4 Å². The number of thioether (sulfide) groups is 1. The van der Waals surface area contributed by atoms with Gasteiger partial charge in [-0.2, -0.15) is 11.8 Å². The molecule has 11 nitrogen and oxygen atoms in total. The molecule has 3 atom stereocenters. The highest BCUT2D eigenvalue weighted by molar-refractivity contribution is 8.00. The molecule has 0 radical (unpaired) electrons. The number of carbonyl (C=O) groups excluding carboxylic acids is 3. The van der Waals surface area contributed by atoms with E-state index in [0.29, 0.717) is 57.6 Å². The lowest BCUT2D eigenvalue weighted by Gasteiger charge is -2.16. The standard InChI is InChI=1S/C31H44N6O5S/c1-22-9-11-32-24(19-22)25-20-23(10-12-33-25)5-4-8-29(39)35-14-16-42-18-17-41-15-13-34-28(38)7-3-2-6-27-30-26(21-43-27)36-31(40)37-30/h9-12,19-20,26-27,30H,2-8,13-18,21H2,1H3,(H,34,38)(H,35,39)(H2,36,37,40)/t26-,27-,30-/m0/s1. The van der Waals surface area contributed by atoms with Gasteiger partial charge in [0.25, 0.3) is 0 Å². The largest absolute Gasteiger partial charge is 0.377 e. The number of nitrogens with one attached hydrogen (secondary N) is 4. The Morgan fingerprint density at radius 2 is 1.58 bits per heavy atom. The van der Waals surface area contributed by atoms with Gasteiger partial charge in [-0.25, -0.2) is 4.79 Å². The molecule has 4 N–H and O–H groups in total. The number of nitrogens with zero attached hydrogens (tertiary/aromatic N) is 2. The number of aryl methyl sites for hydroxylation is 2. The smallest absolute Gasteiger partial charge is 0.315 e. The summed E-state index contributed by atoms with van der Waals surface area (Å²) in [5.41, 5.74) is 3.97. The number of amides is 4. The third-order valence-electron chi connectivity index (χ3n) is 7.46. The molecule has 12 heteroatoms. The SMILES string of the molecule is Cc1ccnc(-c2cc(CCCC(=O)NCCOCCOCCNC(=O)CCCC[C@@H]3SC[C@@H]4NC(=O)N[C@@H]43)ccn2)c1. The molecule has 4 heterocycles. The van der Waals surface area contributed by atoms with Crippen molar-refractivity contribution in [1.29, 1.82) is 0 Å². The van der Waals surface area contributed by atoms with Gasteiger partial charge in [-0.3, -0.25) is 19.6 Å². The third kappa shape index (κ3) is 11.4. The molecule has 2 fully saturated rings. The van der Waals surface area contributed by atoms with Crippen LogP contribution in [-0.4, -0.2) is 90.4 Å². The number of ether oxygens (including phenoxy) is 2. The molecule has 0 spiro atoms. The van der Waals surface area contributed by atoms with Crippen molar-refractivity contribution in [1.82, 2.24) is 31.2 Å². The first-order valence-corrected chi connectivity index (χ1v) is 16.3. The summed E-state index contributed by atoms with van der Waals surface area (Å²) in [5, 5.41) is 12.2. The van der Waals surface area contributed by atoms with E-state index in [1.54, 1.807) is 12.4 Å². The topological polar surface area (TPSA) is 144 Å². The second kappa shape index (κ2) is 17.8. The van der Waals surface area contributed by atoms with E-state index < -0.39 is 0 Å². The Kier molecular flexibility index (Phi) is 13.5. The zero-order chi connectivity index (χ0) is 30.3. The Bertz CT molecular complexity index is 1200. The number of hydrogen-bond acceptors (Lipinski definition) is 8. The fraction of sp³-hybridized carbons (Fsp3) is 0.581. The van der Waals surface area contributed by atoms with E-state index in [4.69, 9.17) is 9.47 Å². The summed E-state index contributed by atoms with van der Waals surface area (Å²) in [7, 11) is 0. The number of rotatable bonds is 19. The maximum Gasteiger partial charge on any atom is 0.315 e. The summed E-state index contributed by atoms with van der Waals surface area (Å²) in [6, 6.07) is 8.39. The van der Waals surface area contributed by atoms with Crippen molar-refractivity contribution >= 4 is 29.6 Å². The summed E-state index contributed by atoms with van der Waals surface area (Å²) in [5.74, 6) is 1.00. The zero-order valence-electron chi connectivity index (χ0n) is 24.9. The molecule has 2 aromatic heterocycles. The van der Waals surface area contributed by atoms with E-state index in [2.05, 4.69) is 31.2 Å². The van der Waals surface area contributed by atoms with Gasteiger partial charge in [0.1, 0.15) is 0 Å². The van der Waals surface area contributed by atoms with Crippen LogP contribution < -0.4 is 21.3 Å². The van der Waals surface area contributed by atoms with E-state index in [1.165, 1.54) is 0 Å². The summed E-state index contributed by atoms with van der Waals surface area (Å²) in [6.07, 6.45) is 8.89. The number of hydrogen-bond donors (Lipinski definition) is 4. The van der Waals surface area contributed by atoms with Crippen LogP contribution in [0.25, 0.3) is 11.4 Å². The molecule has 43 heavy (non-hydrogen) atoms. The molecule has 234 valence electrons. The Morgan fingerprint density at radius 1 is 0.907 bits per heavy atom. The molecule has 0 bridgehead atoms. The van der Waals surface area contributed by atoms with Gasteiger partial charge in [-0.05, 0) is 68.0 Å². The van der Waals surface area contributed by atoms with Crippen LogP contribution in [0.3, 0.4) is 0 Å². The van der Waals surface area contributed by atoms with Gasteiger partial charge >= 0.3 is 6.03 Å². The second-order valence-electron chi connectivity index (χ2n) is 10.9. The van der Waals surface area contributed by atoms with Crippen LogP contribution in [0.2, 0.25) is 0 Å². The van der Waals surface area contributed by atoms with E-state index in [-0.39, 0.29) is 29.9 Å².